The van der Waals surface area contributed by atoms with Crippen LogP contribution >= 0.6 is 22.9 Å². The number of thiophene rings is 1. The summed E-state index contributed by atoms with van der Waals surface area (Å²) in [5.74, 6) is -0.186. The average molecular weight is 317 g/mol. The van der Waals surface area contributed by atoms with Crippen molar-refractivity contribution in [3.63, 3.8) is 0 Å². The number of carbonyl (C=O) groups is 1. The van der Waals surface area contributed by atoms with Crippen LogP contribution in [0.3, 0.4) is 0 Å². The first-order valence-corrected chi connectivity index (χ1v) is 7.34. The standard InChI is InChI=1S/C15H9ClN2O2S/c1-8-10-3-2-4-11(16)13(10)20-12(8)14(19)18-15-9(7-17)5-6-21-15/h2-6H,1H3,(H,18,19). The molecule has 2 aromatic heterocycles. The number of rotatable bonds is 2. The van der Waals surface area contributed by atoms with Crippen LogP contribution in [0.1, 0.15) is 21.7 Å². The number of nitrogens with one attached hydrogen (secondary N) is 1. The third kappa shape index (κ3) is 2.29. The Morgan fingerprint density at radius 3 is 2.95 bits per heavy atom. The van der Waals surface area contributed by atoms with Gasteiger partial charge < -0.3 is 9.73 Å². The Morgan fingerprint density at radius 1 is 1.43 bits per heavy atom. The summed E-state index contributed by atoms with van der Waals surface area (Å²) >= 11 is 7.36. The van der Waals surface area contributed by atoms with Crippen molar-refractivity contribution in [1.82, 2.24) is 0 Å². The highest BCUT2D eigenvalue weighted by atomic mass is 35.5. The first-order chi connectivity index (χ1) is 10.1. The number of fused-ring (bicyclic) bond motifs is 1. The molecule has 0 atom stereocenters. The maximum atomic E-state index is 12.3. The molecule has 0 radical (unpaired) electrons. The predicted octanol–water partition coefficient (Wildman–Crippen LogP) is 4.58. The van der Waals surface area contributed by atoms with E-state index in [1.165, 1.54) is 11.3 Å². The van der Waals surface area contributed by atoms with Gasteiger partial charge in [-0.1, -0.05) is 23.7 Å². The van der Waals surface area contributed by atoms with Crippen molar-refractivity contribution in [3.8, 4) is 6.07 Å². The number of furan rings is 1. The zero-order chi connectivity index (χ0) is 15.0. The van der Waals surface area contributed by atoms with Crippen LogP contribution in [-0.2, 0) is 0 Å². The van der Waals surface area contributed by atoms with Crippen LogP contribution in [0.5, 0.6) is 0 Å². The van der Waals surface area contributed by atoms with Gasteiger partial charge in [0.15, 0.2) is 11.3 Å². The number of halogens is 1. The van der Waals surface area contributed by atoms with Gasteiger partial charge in [0.1, 0.15) is 11.1 Å². The van der Waals surface area contributed by atoms with Crippen LogP contribution in [0.4, 0.5) is 5.00 Å². The number of para-hydroxylation sites is 1. The number of aryl methyl sites for hydroxylation is 1. The maximum Gasteiger partial charge on any atom is 0.292 e. The first-order valence-electron chi connectivity index (χ1n) is 6.08. The van der Waals surface area contributed by atoms with Gasteiger partial charge in [-0.2, -0.15) is 5.26 Å². The molecule has 1 amide bonds. The molecule has 0 saturated heterocycles. The van der Waals surface area contributed by atoms with E-state index in [1.54, 1.807) is 24.4 Å². The van der Waals surface area contributed by atoms with Gasteiger partial charge in [-0.15, -0.1) is 11.3 Å². The van der Waals surface area contributed by atoms with E-state index < -0.39 is 5.91 Å². The van der Waals surface area contributed by atoms with E-state index in [9.17, 15) is 4.79 Å². The van der Waals surface area contributed by atoms with Crippen LogP contribution in [-0.4, -0.2) is 5.91 Å². The number of benzene rings is 1. The molecule has 3 aromatic rings. The Morgan fingerprint density at radius 2 is 2.24 bits per heavy atom. The summed E-state index contributed by atoms with van der Waals surface area (Å²) in [6, 6.07) is 9.05. The van der Waals surface area contributed by atoms with Crippen molar-refractivity contribution in [2.75, 3.05) is 5.32 Å². The van der Waals surface area contributed by atoms with Crippen molar-refractivity contribution in [2.24, 2.45) is 0 Å². The first kappa shape index (κ1) is 13.7. The fourth-order valence-corrected chi connectivity index (χ4v) is 3.03. The molecule has 0 saturated carbocycles. The Balaban J connectivity index is 2.01. The summed E-state index contributed by atoms with van der Waals surface area (Å²) in [5, 5.41) is 15.2. The minimum absolute atomic E-state index is 0.204. The van der Waals surface area contributed by atoms with Crippen LogP contribution in [0, 0.1) is 18.3 Å². The summed E-state index contributed by atoms with van der Waals surface area (Å²) < 4.78 is 5.59. The number of nitriles is 1. The van der Waals surface area contributed by atoms with Crippen LogP contribution in [0.2, 0.25) is 5.02 Å². The van der Waals surface area contributed by atoms with E-state index in [4.69, 9.17) is 21.3 Å². The number of hydrogen-bond acceptors (Lipinski definition) is 4. The molecular formula is C15H9ClN2O2S. The molecule has 0 bridgehead atoms. The molecule has 0 aliphatic carbocycles. The lowest BCUT2D eigenvalue weighted by atomic mass is 10.1. The van der Waals surface area contributed by atoms with Gasteiger partial charge >= 0.3 is 0 Å². The van der Waals surface area contributed by atoms with Crippen LogP contribution < -0.4 is 5.32 Å². The lowest BCUT2D eigenvalue weighted by Crippen LogP contribution is -2.11. The summed E-state index contributed by atoms with van der Waals surface area (Å²) in [7, 11) is 0. The van der Waals surface area contributed by atoms with Gasteiger partial charge in [-0.25, -0.2) is 0 Å². The minimum atomic E-state index is -0.390. The molecule has 6 heteroatoms. The molecule has 0 spiro atoms. The van der Waals surface area contributed by atoms with Crippen molar-refractivity contribution in [2.45, 2.75) is 6.92 Å². The van der Waals surface area contributed by atoms with Crippen molar-refractivity contribution in [3.05, 3.63) is 51.6 Å². The third-order valence-corrected chi connectivity index (χ3v) is 4.26. The van der Waals surface area contributed by atoms with E-state index in [1.807, 2.05) is 18.2 Å². The quantitative estimate of drug-likeness (QED) is 0.752. The number of nitrogens with zero attached hydrogens (tertiary/aromatic N) is 1. The van der Waals surface area contributed by atoms with E-state index >= 15 is 0 Å². The Hall–Kier alpha value is -2.29. The molecule has 3 rings (SSSR count). The molecule has 4 nitrogen and oxygen atoms in total. The SMILES string of the molecule is Cc1c(C(=O)Nc2sccc2C#N)oc2c(Cl)cccc12. The summed E-state index contributed by atoms with van der Waals surface area (Å²) in [5.41, 5.74) is 1.65. The van der Waals surface area contributed by atoms with Crippen molar-refractivity contribution < 1.29 is 9.21 Å². The van der Waals surface area contributed by atoms with Gasteiger partial charge in [0.05, 0.1) is 10.6 Å². The fourth-order valence-electron chi connectivity index (χ4n) is 2.08. The number of hydrogen-bond donors (Lipinski definition) is 1. The number of carbonyl (C=O) groups excluding carboxylic acids is 1. The lowest BCUT2D eigenvalue weighted by Gasteiger charge is -2.01. The van der Waals surface area contributed by atoms with Gasteiger partial charge in [0, 0.05) is 10.9 Å². The van der Waals surface area contributed by atoms with Crippen LogP contribution in [0.15, 0.2) is 34.1 Å². The Bertz CT molecular complexity index is 889. The molecule has 0 unspecified atom stereocenters. The zero-order valence-corrected chi connectivity index (χ0v) is 12.5. The summed E-state index contributed by atoms with van der Waals surface area (Å²) in [6.45, 7) is 1.80. The molecule has 104 valence electrons. The minimum Gasteiger partial charge on any atom is -0.449 e. The highest BCUT2D eigenvalue weighted by molar-refractivity contribution is 7.14. The van der Waals surface area contributed by atoms with E-state index in [0.29, 0.717) is 21.2 Å². The normalized spacial score (nSPS) is 10.5. The van der Waals surface area contributed by atoms with Crippen molar-refractivity contribution in [1.29, 1.82) is 5.26 Å². The Kier molecular flexibility index (Phi) is 3.42. The van der Waals surface area contributed by atoms with E-state index in [0.717, 1.165) is 10.9 Å². The van der Waals surface area contributed by atoms with Crippen LogP contribution in [0.25, 0.3) is 11.0 Å². The molecule has 2 heterocycles. The van der Waals surface area contributed by atoms with E-state index in [-0.39, 0.29) is 5.76 Å². The summed E-state index contributed by atoms with van der Waals surface area (Å²) in [4.78, 5) is 12.3. The maximum absolute atomic E-state index is 12.3. The fraction of sp³-hybridized carbons (Fsp3) is 0.0667. The lowest BCUT2D eigenvalue weighted by molar-refractivity contribution is 0.0998. The number of anilines is 1. The average Bonchev–Trinajstić information content (AvgIpc) is 3.05. The molecule has 0 aliphatic heterocycles. The summed E-state index contributed by atoms with van der Waals surface area (Å²) in [6.07, 6.45) is 0. The second kappa shape index (κ2) is 5.24. The highest BCUT2D eigenvalue weighted by Crippen LogP contribution is 2.31. The second-order valence-electron chi connectivity index (χ2n) is 4.40. The molecule has 1 N–H and O–H groups in total. The second-order valence-corrected chi connectivity index (χ2v) is 5.73. The largest absolute Gasteiger partial charge is 0.449 e. The molecular weight excluding hydrogens is 308 g/mol. The number of amides is 1. The highest BCUT2D eigenvalue weighted by Gasteiger charge is 2.20. The molecule has 0 fully saturated rings. The topological polar surface area (TPSA) is 66.0 Å². The van der Waals surface area contributed by atoms with Gasteiger partial charge in [-0.3, -0.25) is 4.79 Å². The van der Waals surface area contributed by atoms with Crippen molar-refractivity contribution >= 4 is 44.8 Å². The molecule has 1 aromatic carbocycles. The Labute approximate surface area is 129 Å². The van der Waals surface area contributed by atoms with Gasteiger partial charge in [0.25, 0.3) is 5.91 Å². The zero-order valence-electron chi connectivity index (χ0n) is 10.9. The van der Waals surface area contributed by atoms with E-state index in [2.05, 4.69) is 5.32 Å². The smallest absolute Gasteiger partial charge is 0.292 e. The predicted molar refractivity (Wildman–Crippen MR) is 82.9 cm³/mol. The molecule has 0 aliphatic rings. The monoisotopic (exact) mass is 316 g/mol. The third-order valence-electron chi connectivity index (χ3n) is 3.13. The molecule has 21 heavy (non-hydrogen) atoms. The van der Waals surface area contributed by atoms with Gasteiger partial charge in [-0.05, 0) is 24.4 Å². The van der Waals surface area contributed by atoms with Gasteiger partial charge in [0.2, 0.25) is 0 Å².